The Balaban J connectivity index is 1.35. The maximum atomic E-state index is 9.35. The summed E-state index contributed by atoms with van der Waals surface area (Å²) in [5.74, 6) is 7.68. The summed E-state index contributed by atoms with van der Waals surface area (Å²) in [7, 11) is 0. The fourth-order valence-corrected chi connectivity index (χ4v) is 6.39. The van der Waals surface area contributed by atoms with Crippen molar-refractivity contribution in [3.8, 4) is 0 Å². The highest BCUT2D eigenvalue weighted by atomic mass is 16.3. The number of hydrogen-bond donors (Lipinski definition) is 1. The zero-order valence-electron chi connectivity index (χ0n) is 12.8. The Bertz CT molecular complexity index is 378. The monoisotopic (exact) mass is 262 g/mol. The molecule has 9 atom stereocenters. The highest BCUT2D eigenvalue weighted by Gasteiger charge is 2.70. The molecule has 0 aromatic carbocycles. The molecule has 4 saturated carbocycles. The molecule has 4 aliphatic rings. The van der Waals surface area contributed by atoms with Crippen molar-refractivity contribution in [2.24, 2.45) is 52.8 Å². The van der Waals surface area contributed by atoms with Gasteiger partial charge in [0.05, 0.1) is 0 Å². The summed E-state index contributed by atoms with van der Waals surface area (Å²) in [4.78, 5) is 0. The molecule has 19 heavy (non-hydrogen) atoms. The second-order valence-electron chi connectivity index (χ2n) is 8.47. The zero-order valence-corrected chi connectivity index (χ0v) is 12.8. The average molecular weight is 262 g/mol. The predicted octanol–water partition coefficient (Wildman–Crippen LogP) is 3.96. The van der Waals surface area contributed by atoms with Gasteiger partial charge >= 0.3 is 0 Å². The van der Waals surface area contributed by atoms with E-state index in [0.29, 0.717) is 12.5 Å². The molecule has 0 unspecified atom stereocenters. The lowest BCUT2D eigenvalue weighted by molar-refractivity contribution is 0.213. The Morgan fingerprint density at radius 2 is 2.11 bits per heavy atom. The minimum absolute atomic E-state index is 0.393. The first kappa shape index (κ1) is 12.7. The summed E-state index contributed by atoms with van der Waals surface area (Å²) in [5.41, 5.74) is 0.822. The van der Waals surface area contributed by atoms with E-state index in [0.717, 1.165) is 46.8 Å². The summed E-state index contributed by atoms with van der Waals surface area (Å²) < 4.78 is 0. The normalized spacial score (nSPS) is 59.1. The molecule has 1 N–H and O–H groups in total. The van der Waals surface area contributed by atoms with Gasteiger partial charge in [0.25, 0.3) is 0 Å². The zero-order chi connectivity index (χ0) is 13.4. The molecule has 1 nitrogen and oxygen atoms in total. The van der Waals surface area contributed by atoms with Gasteiger partial charge in [-0.25, -0.2) is 0 Å². The molecule has 1 heteroatoms. The van der Waals surface area contributed by atoms with E-state index in [-0.39, 0.29) is 0 Å². The SMILES string of the molecule is CC[C@@]12CC[C@@H]3[C@@H](C[C@@H]4[C@@H](C)[C@@H]4[C@@H](C)CO)[C@@H]3[C@H]1C2. The minimum Gasteiger partial charge on any atom is -0.396 e. The lowest BCUT2D eigenvalue weighted by Crippen LogP contribution is -2.09. The highest BCUT2D eigenvalue weighted by molar-refractivity contribution is 5.19. The van der Waals surface area contributed by atoms with E-state index >= 15 is 0 Å². The van der Waals surface area contributed by atoms with Crippen molar-refractivity contribution >= 4 is 0 Å². The van der Waals surface area contributed by atoms with Crippen LogP contribution in [0.25, 0.3) is 0 Å². The van der Waals surface area contributed by atoms with Crippen LogP contribution in [-0.4, -0.2) is 11.7 Å². The fourth-order valence-electron chi connectivity index (χ4n) is 6.39. The van der Waals surface area contributed by atoms with Gasteiger partial charge in [-0.15, -0.1) is 0 Å². The van der Waals surface area contributed by atoms with Crippen molar-refractivity contribution in [2.75, 3.05) is 6.61 Å². The molecular weight excluding hydrogens is 232 g/mol. The number of fused-ring (bicyclic) bond motifs is 3. The lowest BCUT2D eigenvalue weighted by Gasteiger charge is -2.18. The first-order valence-corrected chi connectivity index (χ1v) is 8.74. The Morgan fingerprint density at radius 1 is 1.32 bits per heavy atom. The summed E-state index contributed by atoms with van der Waals surface area (Å²) in [6, 6.07) is 0. The van der Waals surface area contributed by atoms with Crippen LogP contribution in [0.1, 0.15) is 52.9 Å². The van der Waals surface area contributed by atoms with Crippen molar-refractivity contribution in [1.82, 2.24) is 0 Å². The van der Waals surface area contributed by atoms with E-state index in [2.05, 4.69) is 20.8 Å². The molecule has 4 fully saturated rings. The first-order valence-electron chi connectivity index (χ1n) is 8.74. The topological polar surface area (TPSA) is 20.2 Å². The number of rotatable bonds is 5. The van der Waals surface area contributed by atoms with Gasteiger partial charge in [-0.1, -0.05) is 27.2 Å². The molecule has 0 heterocycles. The molecular formula is C18H30O. The maximum absolute atomic E-state index is 9.35. The molecule has 0 radical (unpaired) electrons. The smallest absolute Gasteiger partial charge is 0.0459 e. The Kier molecular flexibility index (Phi) is 2.67. The van der Waals surface area contributed by atoms with Crippen molar-refractivity contribution in [2.45, 2.75) is 52.9 Å². The van der Waals surface area contributed by atoms with Crippen LogP contribution in [0.5, 0.6) is 0 Å². The van der Waals surface area contributed by atoms with Crippen molar-refractivity contribution in [3.63, 3.8) is 0 Å². The lowest BCUT2D eigenvalue weighted by atomic mass is 9.87. The number of aliphatic hydroxyl groups is 1. The van der Waals surface area contributed by atoms with Crippen LogP contribution in [0.4, 0.5) is 0 Å². The Morgan fingerprint density at radius 3 is 2.79 bits per heavy atom. The number of aliphatic hydroxyl groups excluding tert-OH is 1. The van der Waals surface area contributed by atoms with Crippen LogP contribution in [0.3, 0.4) is 0 Å². The molecule has 0 aromatic rings. The van der Waals surface area contributed by atoms with E-state index in [1.807, 2.05) is 0 Å². The van der Waals surface area contributed by atoms with Gasteiger partial charge in [-0.3, -0.25) is 0 Å². The van der Waals surface area contributed by atoms with E-state index in [1.54, 1.807) is 19.3 Å². The van der Waals surface area contributed by atoms with Gasteiger partial charge < -0.3 is 5.11 Å². The second-order valence-corrected chi connectivity index (χ2v) is 8.47. The largest absolute Gasteiger partial charge is 0.396 e. The molecule has 0 aliphatic heterocycles. The molecule has 0 bridgehead atoms. The van der Waals surface area contributed by atoms with Crippen LogP contribution < -0.4 is 0 Å². The Labute approximate surface area is 118 Å². The van der Waals surface area contributed by atoms with Gasteiger partial charge in [-0.05, 0) is 78.4 Å². The average Bonchev–Trinajstić information content (AvgIpc) is 3.31. The summed E-state index contributed by atoms with van der Waals surface area (Å²) in [6.07, 6.45) is 7.60. The van der Waals surface area contributed by atoms with Crippen LogP contribution >= 0.6 is 0 Å². The van der Waals surface area contributed by atoms with Gasteiger partial charge in [0.2, 0.25) is 0 Å². The van der Waals surface area contributed by atoms with Crippen molar-refractivity contribution in [1.29, 1.82) is 0 Å². The van der Waals surface area contributed by atoms with Gasteiger partial charge in [0.15, 0.2) is 0 Å². The molecule has 0 aromatic heterocycles. The molecule has 0 amide bonds. The molecule has 0 saturated heterocycles. The minimum atomic E-state index is 0.393. The third-order valence-electron chi connectivity index (χ3n) is 7.92. The van der Waals surface area contributed by atoms with Gasteiger partial charge in [0, 0.05) is 6.61 Å². The van der Waals surface area contributed by atoms with Crippen LogP contribution in [0.15, 0.2) is 0 Å². The first-order chi connectivity index (χ1) is 9.13. The molecule has 4 aliphatic carbocycles. The fraction of sp³-hybridized carbons (Fsp3) is 1.00. The van der Waals surface area contributed by atoms with Gasteiger partial charge in [0.1, 0.15) is 0 Å². The molecule has 0 spiro atoms. The quantitative estimate of drug-likeness (QED) is 0.795. The van der Waals surface area contributed by atoms with Crippen LogP contribution in [0, 0.1) is 52.8 Å². The number of hydrogen-bond acceptors (Lipinski definition) is 1. The van der Waals surface area contributed by atoms with Crippen molar-refractivity contribution in [3.05, 3.63) is 0 Å². The van der Waals surface area contributed by atoms with E-state index in [9.17, 15) is 5.11 Å². The predicted molar refractivity (Wildman–Crippen MR) is 77.5 cm³/mol. The summed E-state index contributed by atoms with van der Waals surface area (Å²) >= 11 is 0. The second kappa shape index (κ2) is 4.00. The van der Waals surface area contributed by atoms with Crippen molar-refractivity contribution < 1.29 is 5.11 Å². The third kappa shape index (κ3) is 1.69. The maximum Gasteiger partial charge on any atom is 0.0459 e. The van der Waals surface area contributed by atoms with Crippen LogP contribution in [-0.2, 0) is 0 Å². The van der Waals surface area contributed by atoms with E-state index in [4.69, 9.17) is 0 Å². The summed E-state index contributed by atoms with van der Waals surface area (Å²) in [6.45, 7) is 7.47. The van der Waals surface area contributed by atoms with Gasteiger partial charge in [-0.2, -0.15) is 0 Å². The van der Waals surface area contributed by atoms with Crippen LogP contribution in [0.2, 0.25) is 0 Å². The summed E-state index contributed by atoms with van der Waals surface area (Å²) in [5, 5.41) is 9.35. The standard InChI is InChI=1S/C18H30O/c1-4-18-6-5-12-14(17(12)15(18)8-18)7-13-11(3)16(13)10(2)9-19/h10-17,19H,4-9H2,1-3H3/t10-,11+,12+,13+,14+,15+,16-,17+,18-/m0/s1. The molecule has 108 valence electrons. The highest BCUT2D eigenvalue weighted by Crippen LogP contribution is 2.77. The van der Waals surface area contributed by atoms with E-state index < -0.39 is 0 Å². The van der Waals surface area contributed by atoms with E-state index in [1.165, 1.54) is 12.8 Å². The third-order valence-corrected chi connectivity index (χ3v) is 7.92. The molecule has 4 rings (SSSR count). The Hall–Kier alpha value is -0.0400.